The van der Waals surface area contributed by atoms with Crippen LogP contribution in [-0.4, -0.2) is 13.4 Å². The first kappa shape index (κ1) is 20.3. The summed E-state index contributed by atoms with van der Waals surface area (Å²) in [4.78, 5) is 3.52. The predicted molar refractivity (Wildman–Crippen MR) is 111 cm³/mol. The van der Waals surface area contributed by atoms with E-state index in [1.807, 2.05) is 31.2 Å². The van der Waals surface area contributed by atoms with E-state index in [4.69, 9.17) is 11.6 Å². The van der Waals surface area contributed by atoms with Gasteiger partial charge in [0.1, 0.15) is 21.5 Å². The molecule has 0 spiro atoms. The molecule has 0 amide bonds. The Morgan fingerprint density at radius 2 is 2.11 bits per heavy atom. The van der Waals surface area contributed by atoms with Crippen molar-refractivity contribution in [1.82, 2.24) is 4.98 Å². The molecule has 0 aliphatic heterocycles. The van der Waals surface area contributed by atoms with Crippen LogP contribution in [0.15, 0.2) is 57.3 Å². The van der Waals surface area contributed by atoms with E-state index in [2.05, 4.69) is 26.2 Å². The zero-order valence-electron chi connectivity index (χ0n) is 14.1. The SMILES string of the molecule is C[C@H](Nc1cc(F)c(S(=O)(=O)Cc2nccs2)cc1Cl)c1cccc(Br)c1. The van der Waals surface area contributed by atoms with Gasteiger partial charge in [0.15, 0.2) is 9.84 Å². The summed E-state index contributed by atoms with van der Waals surface area (Å²) in [6, 6.07) is 9.78. The van der Waals surface area contributed by atoms with Crippen LogP contribution in [0.5, 0.6) is 0 Å². The van der Waals surface area contributed by atoms with Gasteiger partial charge in [-0.25, -0.2) is 17.8 Å². The second-order valence-electron chi connectivity index (χ2n) is 5.87. The molecular formula is C18H15BrClFN2O2S2. The van der Waals surface area contributed by atoms with Crippen molar-refractivity contribution >= 4 is 54.4 Å². The summed E-state index contributed by atoms with van der Waals surface area (Å²) in [6.45, 7) is 1.91. The Morgan fingerprint density at radius 1 is 1.33 bits per heavy atom. The van der Waals surface area contributed by atoms with Crippen LogP contribution in [0, 0.1) is 5.82 Å². The van der Waals surface area contributed by atoms with Crippen LogP contribution in [0.1, 0.15) is 23.5 Å². The largest absolute Gasteiger partial charge is 0.377 e. The number of nitrogens with zero attached hydrogens (tertiary/aromatic N) is 1. The highest BCUT2D eigenvalue weighted by Crippen LogP contribution is 2.32. The summed E-state index contributed by atoms with van der Waals surface area (Å²) in [6.07, 6.45) is 1.51. The zero-order valence-corrected chi connectivity index (χ0v) is 18.1. The molecule has 2 aromatic carbocycles. The van der Waals surface area contributed by atoms with Crippen LogP contribution in [0.25, 0.3) is 0 Å². The van der Waals surface area contributed by atoms with E-state index < -0.39 is 20.5 Å². The highest BCUT2D eigenvalue weighted by Gasteiger charge is 2.23. The maximum atomic E-state index is 14.6. The van der Waals surface area contributed by atoms with Crippen molar-refractivity contribution in [3.05, 3.63) is 73.9 Å². The van der Waals surface area contributed by atoms with Gasteiger partial charge in [0.2, 0.25) is 0 Å². The molecule has 0 unspecified atom stereocenters. The number of hydrogen-bond donors (Lipinski definition) is 1. The fraction of sp³-hybridized carbons (Fsp3) is 0.167. The first-order chi connectivity index (χ1) is 12.8. The van der Waals surface area contributed by atoms with E-state index in [1.54, 1.807) is 5.38 Å². The number of benzene rings is 2. The fourth-order valence-corrected chi connectivity index (χ4v) is 5.58. The van der Waals surface area contributed by atoms with E-state index >= 15 is 0 Å². The second-order valence-corrected chi connectivity index (χ2v) is 10.1. The fourth-order valence-electron chi connectivity index (χ4n) is 2.53. The molecule has 0 bridgehead atoms. The Morgan fingerprint density at radius 3 is 2.78 bits per heavy atom. The Kier molecular flexibility index (Phi) is 6.20. The van der Waals surface area contributed by atoms with Crippen LogP contribution in [-0.2, 0) is 15.6 Å². The molecule has 9 heteroatoms. The molecule has 0 aliphatic rings. The van der Waals surface area contributed by atoms with Crippen LogP contribution >= 0.6 is 38.9 Å². The van der Waals surface area contributed by atoms with Crippen LogP contribution < -0.4 is 5.32 Å². The van der Waals surface area contributed by atoms with Crippen LogP contribution in [0.2, 0.25) is 5.02 Å². The van der Waals surface area contributed by atoms with Gasteiger partial charge in [0, 0.05) is 22.1 Å². The number of nitrogens with one attached hydrogen (secondary N) is 1. The lowest BCUT2D eigenvalue weighted by Gasteiger charge is -2.18. The summed E-state index contributed by atoms with van der Waals surface area (Å²) in [5.74, 6) is -1.21. The van der Waals surface area contributed by atoms with Gasteiger partial charge in [-0.1, -0.05) is 39.7 Å². The zero-order chi connectivity index (χ0) is 19.6. The molecule has 0 aliphatic carbocycles. The van der Waals surface area contributed by atoms with Crippen molar-refractivity contribution in [2.45, 2.75) is 23.6 Å². The molecule has 27 heavy (non-hydrogen) atoms. The molecule has 1 atom stereocenters. The lowest BCUT2D eigenvalue weighted by atomic mass is 10.1. The Bertz CT molecular complexity index is 1060. The molecule has 4 nitrogen and oxygen atoms in total. The van der Waals surface area contributed by atoms with E-state index in [0.29, 0.717) is 10.7 Å². The molecule has 3 rings (SSSR count). The Balaban J connectivity index is 1.86. The first-order valence-corrected chi connectivity index (χ1v) is 11.6. The Labute approximate surface area is 174 Å². The van der Waals surface area contributed by atoms with E-state index in [9.17, 15) is 12.8 Å². The number of thiazole rings is 1. The van der Waals surface area contributed by atoms with Gasteiger partial charge in [-0.2, -0.15) is 0 Å². The molecule has 1 heterocycles. The maximum absolute atomic E-state index is 14.6. The number of halogens is 3. The molecule has 0 saturated carbocycles. The monoisotopic (exact) mass is 488 g/mol. The minimum atomic E-state index is -3.88. The average molecular weight is 490 g/mol. The summed E-state index contributed by atoms with van der Waals surface area (Å²) >= 11 is 10.9. The molecule has 142 valence electrons. The molecule has 0 saturated heterocycles. The van der Waals surface area contributed by atoms with Crippen molar-refractivity contribution in [3.63, 3.8) is 0 Å². The number of sulfone groups is 1. The van der Waals surface area contributed by atoms with Crippen LogP contribution in [0.4, 0.5) is 10.1 Å². The van der Waals surface area contributed by atoms with E-state index in [-0.39, 0.29) is 16.8 Å². The van der Waals surface area contributed by atoms with E-state index in [0.717, 1.165) is 22.2 Å². The van der Waals surface area contributed by atoms with Gasteiger partial charge in [-0.05, 0) is 36.8 Å². The van der Waals surface area contributed by atoms with Crippen molar-refractivity contribution in [3.8, 4) is 0 Å². The number of anilines is 1. The average Bonchev–Trinajstić information content (AvgIpc) is 3.09. The van der Waals surface area contributed by atoms with Gasteiger partial charge < -0.3 is 5.32 Å². The summed E-state index contributed by atoms with van der Waals surface area (Å²) in [5.41, 5.74) is 1.30. The normalized spacial score (nSPS) is 12.7. The van der Waals surface area contributed by atoms with E-state index in [1.165, 1.54) is 17.5 Å². The second kappa shape index (κ2) is 8.26. The predicted octanol–water partition coefficient (Wildman–Crippen LogP) is 5.85. The Hall–Kier alpha value is -1.48. The minimum absolute atomic E-state index is 0.135. The summed E-state index contributed by atoms with van der Waals surface area (Å²) in [7, 11) is -3.88. The van der Waals surface area contributed by atoms with Crippen molar-refractivity contribution in [1.29, 1.82) is 0 Å². The van der Waals surface area contributed by atoms with Crippen molar-refractivity contribution in [2.75, 3.05) is 5.32 Å². The maximum Gasteiger partial charge on any atom is 0.187 e. The molecule has 0 fully saturated rings. The van der Waals surface area contributed by atoms with Gasteiger partial charge in [0.05, 0.1) is 10.7 Å². The van der Waals surface area contributed by atoms with Gasteiger partial charge in [0.25, 0.3) is 0 Å². The highest BCUT2D eigenvalue weighted by atomic mass is 79.9. The number of aromatic nitrogens is 1. The van der Waals surface area contributed by atoms with Crippen LogP contribution in [0.3, 0.4) is 0 Å². The number of hydrogen-bond acceptors (Lipinski definition) is 5. The third-order valence-corrected chi connectivity index (χ3v) is 7.28. The van der Waals surface area contributed by atoms with Gasteiger partial charge in [-0.15, -0.1) is 11.3 Å². The smallest absolute Gasteiger partial charge is 0.187 e. The third kappa shape index (κ3) is 4.87. The standard InChI is InChI=1S/C18H15BrClFN2O2S2/c1-11(12-3-2-4-13(19)7-12)23-16-9-15(21)17(8-14(16)20)27(24,25)10-18-22-5-6-26-18/h2-9,11,23H,10H2,1H3/t11-/m0/s1. The van der Waals surface area contributed by atoms with Gasteiger partial charge >= 0.3 is 0 Å². The summed E-state index contributed by atoms with van der Waals surface area (Å²) < 4.78 is 40.5. The highest BCUT2D eigenvalue weighted by molar-refractivity contribution is 9.10. The number of rotatable bonds is 6. The third-order valence-electron chi connectivity index (χ3n) is 3.87. The molecule has 0 radical (unpaired) electrons. The molecular weight excluding hydrogens is 475 g/mol. The molecule has 1 aromatic heterocycles. The molecule has 1 N–H and O–H groups in total. The minimum Gasteiger partial charge on any atom is -0.377 e. The first-order valence-electron chi connectivity index (χ1n) is 7.88. The quantitative estimate of drug-likeness (QED) is 0.472. The lowest BCUT2D eigenvalue weighted by Crippen LogP contribution is -2.10. The lowest BCUT2D eigenvalue weighted by molar-refractivity contribution is 0.566. The molecule has 3 aromatic rings. The van der Waals surface area contributed by atoms with Gasteiger partial charge in [-0.3, -0.25) is 0 Å². The topological polar surface area (TPSA) is 59.1 Å². The van der Waals surface area contributed by atoms with Crippen molar-refractivity contribution < 1.29 is 12.8 Å². The van der Waals surface area contributed by atoms with Crippen molar-refractivity contribution in [2.24, 2.45) is 0 Å². The summed E-state index contributed by atoms with van der Waals surface area (Å²) in [5, 5.41) is 5.33.